The van der Waals surface area contributed by atoms with E-state index in [2.05, 4.69) is 15.4 Å². The van der Waals surface area contributed by atoms with Crippen molar-refractivity contribution in [3.63, 3.8) is 0 Å². The van der Waals surface area contributed by atoms with Crippen LogP contribution in [0.3, 0.4) is 0 Å². The maximum atomic E-state index is 12.4. The number of aromatic nitrogens is 3. The topological polar surface area (TPSA) is 59.8 Å². The van der Waals surface area contributed by atoms with E-state index in [-0.39, 0.29) is 11.2 Å². The molecule has 4 rings (SSSR count). The highest BCUT2D eigenvalue weighted by molar-refractivity contribution is 7.99. The van der Waals surface area contributed by atoms with Crippen LogP contribution in [0.15, 0.2) is 82.2 Å². The molecule has 0 radical (unpaired) electrons. The Labute approximate surface area is 175 Å². The van der Waals surface area contributed by atoms with Gasteiger partial charge in [-0.25, -0.2) is 4.68 Å². The fraction of sp³-hybridized carbons (Fsp3) is 0.0500. The SMILES string of the molecule is O=C(Nc1ccccc1Sc1nc(Cl)nn1Cc1ccccc1)c1cccs1. The minimum atomic E-state index is -0.133. The summed E-state index contributed by atoms with van der Waals surface area (Å²) in [5.41, 5.74) is 1.82. The smallest absolute Gasteiger partial charge is 0.265 e. The number of halogens is 1. The van der Waals surface area contributed by atoms with Gasteiger partial charge in [-0.3, -0.25) is 4.79 Å². The second-order valence-corrected chi connectivity index (χ2v) is 8.13. The lowest BCUT2D eigenvalue weighted by atomic mass is 10.2. The van der Waals surface area contributed by atoms with Gasteiger partial charge in [0.15, 0.2) is 5.16 Å². The maximum absolute atomic E-state index is 12.4. The van der Waals surface area contributed by atoms with E-state index < -0.39 is 0 Å². The number of hydrogen-bond acceptors (Lipinski definition) is 5. The first-order chi connectivity index (χ1) is 13.7. The number of amides is 1. The Balaban J connectivity index is 1.57. The molecule has 2 aromatic carbocycles. The molecule has 0 unspecified atom stereocenters. The Morgan fingerprint density at radius 2 is 1.86 bits per heavy atom. The zero-order valence-corrected chi connectivity index (χ0v) is 17.0. The Hall–Kier alpha value is -2.61. The molecule has 0 aliphatic rings. The number of carbonyl (C=O) groups is 1. The number of carbonyl (C=O) groups excluding carboxylic acids is 1. The second kappa shape index (κ2) is 8.60. The van der Waals surface area contributed by atoms with Gasteiger partial charge in [-0.15, -0.1) is 16.4 Å². The van der Waals surface area contributed by atoms with E-state index in [0.29, 0.717) is 16.6 Å². The predicted octanol–water partition coefficient (Wildman–Crippen LogP) is 5.44. The molecule has 5 nitrogen and oxygen atoms in total. The van der Waals surface area contributed by atoms with Gasteiger partial charge in [0.1, 0.15) is 0 Å². The number of nitrogens with zero attached hydrogens (tertiary/aromatic N) is 3. The van der Waals surface area contributed by atoms with Crippen molar-refractivity contribution in [2.45, 2.75) is 16.6 Å². The molecule has 0 saturated heterocycles. The van der Waals surface area contributed by atoms with Crippen LogP contribution in [0.1, 0.15) is 15.2 Å². The van der Waals surface area contributed by atoms with Crippen LogP contribution < -0.4 is 5.32 Å². The van der Waals surface area contributed by atoms with Crippen LogP contribution in [-0.4, -0.2) is 20.7 Å². The third-order valence-electron chi connectivity index (χ3n) is 3.87. The fourth-order valence-electron chi connectivity index (χ4n) is 2.59. The van der Waals surface area contributed by atoms with Gasteiger partial charge < -0.3 is 5.32 Å². The molecule has 1 N–H and O–H groups in total. The van der Waals surface area contributed by atoms with Gasteiger partial charge in [0.25, 0.3) is 5.91 Å². The van der Waals surface area contributed by atoms with E-state index in [1.807, 2.05) is 66.0 Å². The van der Waals surface area contributed by atoms with E-state index >= 15 is 0 Å². The molecule has 4 aromatic rings. The van der Waals surface area contributed by atoms with Crippen LogP contribution in [0.5, 0.6) is 0 Å². The number of hydrogen-bond donors (Lipinski definition) is 1. The van der Waals surface area contributed by atoms with Gasteiger partial charge in [0, 0.05) is 4.90 Å². The zero-order valence-electron chi connectivity index (χ0n) is 14.6. The molecule has 0 aliphatic carbocycles. The molecule has 2 heterocycles. The molecular weight excluding hydrogens is 412 g/mol. The van der Waals surface area contributed by atoms with E-state index in [0.717, 1.165) is 16.1 Å². The molecular formula is C20H15ClN4OS2. The molecule has 0 fully saturated rings. The minimum Gasteiger partial charge on any atom is -0.320 e. The van der Waals surface area contributed by atoms with Crippen LogP contribution in [0.2, 0.25) is 5.28 Å². The molecule has 28 heavy (non-hydrogen) atoms. The van der Waals surface area contributed by atoms with Gasteiger partial charge in [-0.1, -0.05) is 48.5 Å². The van der Waals surface area contributed by atoms with Gasteiger partial charge in [0.05, 0.1) is 17.1 Å². The van der Waals surface area contributed by atoms with Crippen molar-refractivity contribution in [2.24, 2.45) is 0 Å². The van der Waals surface area contributed by atoms with Crippen LogP contribution >= 0.6 is 34.7 Å². The summed E-state index contributed by atoms with van der Waals surface area (Å²) in [6.07, 6.45) is 0. The molecule has 0 bridgehead atoms. The molecule has 0 saturated carbocycles. The molecule has 0 aliphatic heterocycles. The van der Waals surface area contributed by atoms with E-state index in [9.17, 15) is 4.79 Å². The summed E-state index contributed by atoms with van der Waals surface area (Å²) < 4.78 is 1.76. The highest BCUT2D eigenvalue weighted by Gasteiger charge is 2.15. The molecule has 1 amide bonds. The van der Waals surface area contributed by atoms with E-state index in [4.69, 9.17) is 11.6 Å². The highest BCUT2D eigenvalue weighted by atomic mass is 35.5. The first-order valence-electron chi connectivity index (χ1n) is 8.45. The van der Waals surface area contributed by atoms with Crippen molar-refractivity contribution < 1.29 is 4.79 Å². The predicted molar refractivity (Wildman–Crippen MR) is 113 cm³/mol. The lowest BCUT2D eigenvalue weighted by molar-refractivity contribution is 0.103. The van der Waals surface area contributed by atoms with Crippen LogP contribution in [0.4, 0.5) is 5.69 Å². The quantitative estimate of drug-likeness (QED) is 0.445. The van der Waals surface area contributed by atoms with E-state index in [1.165, 1.54) is 23.1 Å². The number of anilines is 1. The number of benzene rings is 2. The molecule has 0 spiro atoms. The van der Waals surface area contributed by atoms with Crippen molar-refractivity contribution in [2.75, 3.05) is 5.32 Å². The second-order valence-electron chi connectivity index (χ2n) is 5.84. The van der Waals surface area contributed by atoms with Gasteiger partial charge >= 0.3 is 0 Å². The largest absolute Gasteiger partial charge is 0.320 e. The monoisotopic (exact) mass is 426 g/mol. The lowest BCUT2D eigenvalue weighted by Crippen LogP contribution is -2.11. The Kier molecular flexibility index (Phi) is 5.76. The number of thiophene rings is 1. The standard InChI is InChI=1S/C20H15ClN4OS2/c21-19-23-20(25(24-19)13-14-7-2-1-3-8-14)28-16-10-5-4-9-15(16)22-18(26)17-11-6-12-27-17/h1-12H,13H2,(H,22,26). The fourth-order valence-corrected chi connectivity index (χ4v) is 4.34. The van der Waals surface area contributed by atoms with Crippen LogP contribution in [0.25, 0.3) is 0 Å². The third kappa shape index (κ3) is 4.44. The van der Waals surface area contributed by atoms with Gasteiger partial charge in [-0.2, -0.15) is 4.98 Å². The molecule has 8 heteroatoms. The first-order valence-corrected chi connectivity index (χ1v) is 10.5. The summed E-state index contributed by atoms with van der Waals surface area (Å²) in [5.74, 6) is -0.133. The third-order valence-corrected chi connectivity index (χ3v) is 5.96. The van der Waals surface area contributed by atoms with Crippen LogP contribution in [-0.2, 0) is 6.54 Å². The number of rotatable bonds is 6. The summed E-state index contributed by atoms with van der Waals surface area (Å²) in [5, 5.41) is 10.00. The van der Waals surface area contributed by atoms with Crippen molar-refractivity contribution in [1.29, 1.82) is 0 Å². The molecule has 0 atom stereocenters. The van der Waals surface area contributed by atoms with E-state index in [1.54, 1.807) is 10.7 Å². The minimum absolute atomic E-state index is 0.133. The van der Waals surface area contributed by atoms with Gasteiger partial charge in [-0.05, 0) is 52.5 Å². The summed E-state index contributed by atoms with van der Waals surface area (Å²) >= 11 is 8.88. The zero-order chi connectivity index (χ0) is 19.3. The van der Waals surface area contributed by atoms with Crippen molar-refractivity contribution in [3.8, 4) is 0 Å². The average molecular weight is 427 g/mol. The van der Waals surface area contributed by atoms with Gasteiger partial charge in [0.2, 0.25) is 5.28 Å². The lowest BCUT2D eigenvalue weighted by Gasteiger charge is -2.10. The Bertz CT molecular complexity index is 1080. The summed E-state index contributed by atoms with van der Waals surface area (Å²) in [6, 6.07) is 21.3. The van der Waals surface area contributed by atoms with Crippen molar-refractivity contribution in [3.05, 3.63) is 87.8 Å². The molecule has 2 aromatic heterocycles. The normalized spacial score (nSPS) is 10.8. The summed E-state index contributed by atoms with van der Waals surface area (Å²) in [4.78, 5) is 18.3. The average Bonchev–Trinajstić information content (AvgIpc) is 3.35. The Morgan fingerprint density at radius 1 is 1.07 bits per heavy atom. The van der Waals surface area contributed by atoms with Crippen molar-refractivity contribution in [1.82, 2.24) is 14.8 Å². The summed E-state index contributed by atoms with van der Waals surface area (Å²) in [7, 11) is 0. The van der Waals surface area contributed by atoms with Crippen LogP contribution in [0, 0.1) is 0 Å². The summed E-state index contributed by atoms with van der Waals surface area (Å²) in [6.45, 7) is 0.562. The first kappa shape index (κ1) is 18.7. The molecule has 140 valence electrons. The Morgan fingerprint density at radius 3 is 2.64 bits per heavy atom. The number of para-hydroxylation sites is 1. The number of nitrogens with one attached hydrogen (secondary N) is 1. The maximum Gasteiger partial charge on any atom is 0.265 e. The van der Waals surface area contributed by atoms with Crippen molar-refractivity contribution >= 4 is 46.3 Å². The highest BCUT2D eigenvalue weighted by Crippen LogP contribution is 2.33.